The molecule has 0 spiro atoms. The Labute approximate surface area is 249 Å². The van der Waals surface area contributed by atoms with E-state index >= 15 is 0 Å². The zero-order valence-electron chi connectivity index (χ0n) is 24.6. The lowest BCUT2D eigenvalue weighted by Crippen LogP contribution is -2.52. The lowest BCUT2D eigenvalue weighted by Gasteiger charge is -2.35. The van der Waals surface area contributed by atoms with Crippen LogP contribution in [0.4, 0.5) is 4.79 Å². The molecular weight excluding hydrogens is 568 g/mol. The first-order chi connectivity index (χ1) is 19.2. The van der Waals surface area contributed by atoms with E-state index < -0.39 is 39.3 Å². The molecule has 1 aliphatic heterocycles. The number of amides is 1. The molecule has 0 bridgehead atoms. The van der Waals surface area contributed by atoms with Crippen LogP contribution in [0.2, 0.25) is 0 Å². The smallest absolute Gasteiger partial charge is 0.407 e. The zero-order chi connectivity index (χ0) is 30.3. The van der Waals surface area contributed by atoms with Gasteiger partial charge in [0.25, 0.3) is 0 Å². The van der Waals surface area contributed by atoms with Crippen LogP contribution in [0.15, 0.2) is 53.4 Å². The van der Waals surface area contributed by atoms with E-state index in [9.17, 15) is 18.3 Å². The third-order valence-electron chi connectivity index (χ3n) is 6.68. The van der Waals surface area contributed by atoms with Gasteiger partial charge in [-0.1, -0.05) is 50.6 Å². The molecular formula is C30H43ClN2O7S. The summed E-state index contributed by atoms with van der Waals surface area (Å²) in [5.74, 6) is 1.36. The normalized spacial score (nSPS) is 15.0. The zero-order valence-corrected chi connectivity index (χ0v) is 26.1. The number of alkyl halides is 1. The third-order valence-corrected chi connectivity index (χ3v) is 8.75. The van der Waals surface area contributed by atoms with E-state index in [4.69, 9.17) is 25.8 Å². The first-order valence-electron chi connectivity index (χ1n) is 13.9. The molecule has 0 aliphatic carbocycles. The van der Waals surface area contributed by atoms with Crippen molar-refractivity contribution in [3.05, 3.63) is 54.1 Å². The number of hydrogen-bond donors (Lipinski definition) is 2. The van der Waals surface area contributed by atoms with Crippen molar-refractivity contribution >= 4 is 27.7 Å². The van der Waals surface area contributed by atoms with Gasteiger partial charge in [0.1, 0.15) is 5.60 Å². The maximum Gasteiger partial charge on any atom is 0.407 e. The molecule has 2 atom stereocenters. The molecule has 0 saturated carbocycles. The molecule has 228 valence electrons. The number of nitrogens with zero attached hydrogens (tertiary/aromatic N) is 1. The molecule has 1 heterocycles. The lowest BCUT2D eigenvalue weighted by molar-refractivity contribution is 0.0391. The predicted octanol–water partition coefficient (Wildman–Crippen LogP) is 5.34. The highest BCUT2D eigenvalue weighted by Gasteiger charge is 2.35. The standard InChI is InChI=1S/C30H43ClN2O7S/c1-29(2,3)40-28(35)32-24(17-22-11-7-6-8-12-22)25(34)19-33(20-30(4,5)15-9-10-16-31)41(36,37)23-13-14-26-27(18-23)39-21-38-26/h6-8,11-14,18,24-25,34H,9-10,15-17,19-21H2,1-5H3,(H,32,35)/t24-,25-/m0/s1. The number of benzene rings is 2. The fraction of sp³-hybridized carbons (Fsp3) is 0.567. The molecule has 2 N–H and O–H groups in total. The molecule has 1 amide bonds. The Balaban J connectivity index is 1.92. The van der Waals surface area contributed by atoms with Gasteiger partial charge >= 0.3 is 6.09 Å². The summed E-state index contributed by atoms with van der Waals surface area (Å²) < 4.78 is 45.6. The number of alkyl carbamates (subject to hydrolysis) is 1. The van der Waals surface area contributed by atoms with Crippen molar-refractivity contribution in [2.45, 2.75) is 82.9 Å². The number of ether oxygens (including phenoxy) is 3. The molecule has 1 aliphatic rings. The summed E-state index contributed by atoms with van der Waals surface area (Å²) in [5.41, 5.74) is -0.282. The first-order valence-corrected chi connectivity index (χ1v) is 15.8. The van der Waals surface area contributed by atoms with Gasteiger partial charge in [-0.25, -0.2) is 13.2 Å². The second-order valence-electron chi connectivity index (χ2n) is 12.1. The fourth-order valence-electron chi connectivity index (χ4n) is 4.63. The van der Waals surface area contributed by atoms with Crippen LogP contribution in [-0.2, 0) is 21.2 Å². The van der Waals surface area contributed by atoms with Crippen LogP contribution in [0.25, 0.3) is 0 Å². The lowest BCUT2D eigenvalue weighted by atomic mass is 9.87. The van der Waals surface area contributed by atoms with Gasteiger partial charge in [-0.05, 0) is 63.1 Å². The van der Waals surface area contributed by atoms with Crippen LogP contribution in [-0.4, -0.2) is 67.4 Å². The molecule has 0 saturated heterocycles. The van der Waals surface area contributed by atoms with Crippen molar-refractivity contribution in [2.24, 2.45) is 5.41 Å². The Kier molecular flexibility index (Phi) is 11.3. The number of rotatable bonds is 14. The van der Waals surface area contributed by atoms with E-state index in [-0.39, 0.29) is 31.2 Å². The number of carbonyl (C=O) groups excluding carboxylic acids is 1. The largest absolute Gasteiger partial charge is 0.454 e. The van der Waals surface area contributed by atoms with Crippen molar-refractivity contribution in [2.75, 3.05) is 25.8 Å². The Morgan fingerprint density at radius 2 is 1.76 bits per heavy atom. The van der Waals surface area contributed by atoms with E-state index in [2.05, 4.69) is 5.32 Å². The monoisotopic (exact) mass is 610 g/mol. The van der Waals surface area contributed by atoms with Crippen molar-refractivity contribution in [3.8, 4) is 11.5 Å². The molecule has 3 rings (SSSR count). The maximum atomic E-state index is 14.1. The van der Waals surface area contributed by atoms with Gasteiger partial charge in [-0.2, -0.15) is 4.31 Å². The molecule has 11 heteroatoms. The molecule has 0 unspecified atom stereocenters. The Morgan fingerprint density at radius 3 is 2.41 bits per heavy atom. The summed E-state index contributed by atoms with van der Waals surface area (Å²) in [6.07, 6.45) is 0.745. The van der Waals surface area contributed by atoms with Crippen LogP contribution in [0.1, 0.15) is 59.4 Å². The maximum absolute atomic E-state index is 14.1. The molecule has 0 fully saturated rings. The molecule has 2 aromatic carbocycles. The van der Waals surface area contributed by atoms with Crippen LogP contribution in [0.5, 0.6) is 11.5 Å². The number of hydrogen-bond acceptors (Lipinski definition) is 7. The average molecular weight is 611 g/mol. The fourth-order valence-corrected chi connectivity index (χ4v) is 6.49. The van der Waals surface area contributed by atoms with Crippen molar-refractivity contribution < 1.29 is 32.5 Å². The highest BCUT2D eigenvalue weighted by Crippen LogP contribution is 2.36. The van der Waals surface area contributed by atoms with Crippen LogP contribution in [0, 0.1) is 5.41 Å². The minimum absolute atomic E-state index is 0.0202. The number of aliphatic hydroxyl groups excluding tert-OH is 1. The van der Waals surface area contributed by atoms with Gasteiger partial charge in [0.2, 0.25) is 16.8 Å². The van der Waals surface area contributed by atoms with Gasteiger partial charge in [0.15, 0.2) is 11.5 Å². The Bertz CT molecular complexity index is 1250. The minimum atomic E-state index is -4.08. The van der Waals surface area contributed by atoms with Gasteiger partial charge in [0.05, 0.1) is 17.0 Å². The first kappa shape index (κ1) is 33.0. The van der Waals surface area contributed by atoms with E-state index in [0.717, 1.165) is 24.8 Å². The Morgan fingerprint density at radius 1 is 1.07 bits per heavy atom. The summed E-state index contributed by atoms with van der Waals surface area (Å²) in [4.78, 5) is 12.8. The molecule has 0 aromatic heterocycles. The quantitative estimate of drug-likeness (QED) is 0.219. The predicted molar refractivity (Wildman–Crippen MR) is 159 cm³/mol. The number of carbonyl (C=O) groups is 1. The number of aliphatic hydroxyl groups is 1. The summed E-state index contributed by atoms with van der Waals surface area (Å²) in [6, 6.07) is 13.1. The second-order valence-corrected chi connectivity index (χ2v) is 14.4. The summed E-state index contributed by atoms with van der Waals surface area (Å²) in [6.45, 7) is 9.17. The molecule has 0 radical (unpaired) electrons. The van der Waals surface area contributed by atoms with Crippen LogP contribution >= 0.6 is 11.6 Å². The second kappa shape index (κ2) is 14.1. The van der Waals surface area contributed by atoms with Gasteiger partial charge in [0, 0.05) is 25.0 Å². The highest BCUT2D eigenvalue weighted by atomic mass is 35.5. The van der Waals surface area contributed by atoms with Crippen molar-refractivity contribution in [3.63, 3.8) is 0 Å². The summed E-state index contributed by atoms with van der Waals surface area (Å²) in [5, 5.41) is 14.3. The molecule has 9 nitrogen and oxygen atoms in total. The minimum Gasteiger partial charge on any atom is -0.454 e. The van der Waals surface area contributed by atoms with Gasteiger partial charge in [-0.3, -0.25) is 0 Å². The number of unbranched alkanes of at least 4 members (excludes halogenated alkanes) is 1. The number of halogens is 1. The van der Waals surface area contributed by atoms with E-state index in [0.29, 0.717) is 17.4 Å². The van der Waals surface area contributed by atoms with E-state index in [1.54, 1.807) is 26.8 Å². The number of fused-ring (bicyclic) bond motifs is 1. The summed E-state index contributed by atoms with van der Waals surface area (Å²) >= 11 is 5.88. The average Bonchev–Trinajstić information content (AvgIpc) is 3.35. The number of nitrogens with one attached hydrogen (secondary N) is 1. The third kappa shape index (κ3) is 10.1. The van der Waals surface area contributed by atoms with Gasteiger partial charge in [-0.15, -0.1) is 11.6 Å². The summed E-state index contributed by atoms with van der Waals surface area (Å²) in [7, 11) is -4.08. The SMILES string of the molecule is CC(C)(CCCCCl)CN(C[C@H](O)[C@H](Cc1ccccc1)NC(=O)OC(C)(C)C)S(=O)(=O)c1ccc2c(c1)OCO2. The number of sulfonamides is 1. The Hall–Kier alpha value is -2.53. The van der Waals surface area contributed by atoms with E-state index in [1.165, 1.54) is 16.4 Å². The van der Waals surface area contributed by atoms with Crippen molar-refractivity contribution in [1.29, 1.82) is 0 Å². The molecule has 2 aromatic rings. The molecule has 41 heavy (non-hydrogen) atoms. The van der Waals surface area contributed by atoms with Crippen LogP contribution in [0.3, 0.4) is 0 Å². The topological polar surface area (TPSA) is 114 Å². The van der Waals surface area contributed by atoms with Gasteiger partial charge < -0.3 is 24.6 Å². The van der Waals surface area contributed by atoms with Crippen LogP contribution < -0.4 is 14.8 Å². The van der Waals surface area contributed by atoms with E-state index in [1.807, 2.05) is 44.2 Å². The highest BCUT2D eigenvalue weighted by molar-refractivity contribution is 7.89. The van der Waals surface area contributed by atoms with Crippen molar-refractivity contribution in [1.82, 2.24) is 9.62 Å².